The lowest BCUT2D eigenvalue weighted by atomic mass is 10.1. The Labute approximate surface area is 171 Å². The van der Waals surface area contributed by atoms with Crippen molar-refractivity contribution in [3.8, 4) is 12.3 Å². The van der Waals surface area contributed by atoms with Gasteiger partial charge in [0.15, 0.2) is 4.90 Å². The molecule has 0 radical (unpaired) electrons. The first-order valence-corrected chi connectivity index (χ1v) is 10.1. The Bertz CT molecular complexity index is 1280. The van der Waals surface area contributed by atoms with Gasteiger partial charge >= 0.3 is 0 Å². The highest BCUT2D eigenvalue weighted by molar-refractivity contribution is 7.89. The third-order valence-electron chi connectivity index (χ3n) is 4.54. The molecule has 30 heavy (non-hydrogen) atoms. The van der Waals surface area contributed by atoms with Crippen molar-refractivity contribution in [3.05, 3.63) is 74.5 Å². The van der Waals surface area contributed by atoms with Gasteiger partial charge in [-0.2, -0.15) is 4.31 Å². The van der Waals surface area contributed by atoms with Crippen LogP contribution in [0.3, 0.4) is 0 Å². The van der Waals surface area contributed by atoms with Crippen LogP contribution in [-0.4, -0.2) is 40.6 Å². The number of nitrogens with one attached hydrogen (secondary N) is 1. The average Bonchev–Trinajstić information content (AvgIpc) is 3.13. The summed E-state index contributed by atoms with van der Waals surface area (Å²) in [6, 6.07) is 9.90. The van der Waals surface area contributed by atoms with E-state index in [1.54, 1.807) is 6.20 Å². The normalized spacial score (nSPS) is 11.5. The zero-order valence-electron chi connectivity index (χ0n) is 15.5. The monoisotopic (exact) mass is 428 g/mol. The highest BCUT2D eigenvalue weighted by atomic mass is 32.2. The van der Waals surface area contributed by atoms with Crippen LogP contribution < -0.4 is 0 Å². The summed E-state index contributed by atoms with van der Waals surface area (Å²) >= 11 is 0. The highest BCUT2D eigenvalue weighted by Gasteiger charge is 2.33. The van der Waals surface area contributed by atoms with Gasteiger partial charge in [-0.05, 0) is 24.1 Å². The summed E-state index contributed by atoms with van der Waals surface area (Å²) in [7, 11) is -4.37. The van der Waals surface area contributed by atoms with E-state index < -0.39 is 36.1 Å². The van der Waals surface area contributed by atoms with Gasteiger partial charge in [0.25, 0.3) is 21.4 Å². The summed E-state index contributed by atoms with van der Waals surface area (Å²) < 4.78 is 27.1. The van der Waals surface area contributed by atoms with Gasteiger partial charge in [0.1, 0.15) is 0 Å². The quantitative estimate of drug-likeness (QED) is 0.332. The maximum atomic E-state index is 13.1. The molecule has 0 unspecified atom stereocenters. The Morgan fingerprint density at radius 1 is 1.10 bits per heavy atom. The number of non-ortho nitro benzene ring substituents is 1. The zero-order valence-corrected chi connectivity index (χ0v) is 16.3. The smallest absolute Gasteiger partial charge is 0.296 e. The second-order valence-electron chi connectivity index (χ2n) is 6.32. The van der Waals surface area contributed by atoms with E-state index in [4.69, 9.17) is 6.42 Å². The number of hydrogen-bond donors (Lipinski definition) is 1. The molecule has 3 aromatic rings. The first kappa shape index (κ1) is 21.0. The molecule has 0 amide bonds. The molecule has 1 N–H and O–H groups in total. The summed E-state index contributed by atoms with van der Waals surface area (Å²) in [4.78, 5) is 22.9. The fourth-order valence-corrected chi connectivity index (χ4v) is 4.58. The van der Waals surface area contributed by atoms with Crippen LogP contribution >= 0.6 is 0 Å². The predicted molar refractivity (Wildman–Crippen MR) is 109 cm³/mol. The Kier molecular flexibility index (Phi) is 5.81. The van der Waals surface area contributed by atoms with Crippen LogP contribution in [0.1, 0.15) is 5.56 Å². The van der Waals surface area contributed by atoms with Crippen LogP contribution in [0.4, 0.5) is 11.4 Å². The third kappa shape index (κ3) is 4.00. The SMILES string of the molecule is C#CCN(CCc1c[nH]c2ccccc12)S(=O)(=O)c1ccc([N+](=O)[O-])cc1[N+](=O)[O-]. The van der Waals surface area contributed by atoms with Crippen molar-refractivity contribution in [1.29, 1.82) is 0 Å². The minimum atomic E-state index is -4.37. The minimum Gasteiger partial charge on any atom is -0.361 e. The van der Waals surface area contributed by atoms with Crippen LogP contribution in [0.15, 0.2) is 53.6 Å². The molecule has 0 bridgehead atoms. The molecule has 0 spiro atoms. The lowest BCUT2D eigenvalue weighted by Crippen LogP contribution is -2.33. The second-order valence-corrected chi connectivity index (χ2v) is 8.22. The molecule has 0 saturated carbocycles. The molecule has 1 aromatic heterocycles. The van der Waals surface area contributed by atoms with E-state index in [1.807, 2.05) is 24.3 Å². The number of nitro benzene ring substituents is 2. The highest BCUT2D eigenvalue weighted by Crippen LogP contribution is 2.30. The molecule has 0 saturated heterocycles. The standard InChI is InChI=1S/C19H16N4O6S/c1-2-10-21(11-9-14-13-20-17-6-4-3-5-16(14)17)30(28,29)19-8-7-15(22(24)25)12-18(19)23(26)27/h1,3-8,12-13,20H,9-11H2. The molecule has 10 nitrogen and oxygen atoms in total. The molecular formula is C19H16N4O6S. The number of sulfonamides is 1. The van der Waals surface area contributed by atoms with E-state index in [0.29, 0.717) is 12.5 Å². The summed E-state index contributed by atoms with van der Waals surface area (Å²) in [6.45, 7) is -0.332. The number of nitro groups is 2. The van der Waals surface area contributed by atoms with Crippen molar-refractivity contribution in [1.82, 2.24) is 9.29 Å². The molecule has 0 atom stereocenters. The van der Waals surface area contributed by atoms with Gasteiger partial charge in [-0.25, -0.2) is 8.42 Å². The molecular weight excluding hydrogens is 412 g/mol. The lowest BCUT2D eigenvalue weighted by Gasteiger charge is -2.19. The maximum absolute atomic E-state index is 13.1. The van der Waals surface area contributed by atoms with Crippen molar-refractivity contribution in [3.63, 3.8) is 0 Å². The predicted octanol–water partition coefficient (Wildman–Crippen LogP) is 2.85. The molecule has 11 heteroatoms. The number of benzene rings is 2. The van der Waals surface area contributed by atoms with Gasteiger partial charge in [-0.1, -0.05) is 24.1 Å². The molecule has 0 aliphatic heterocycles. The van der Waals surface area contributed by atoms with Gasteiger partial charge in [0, 0.05) is 29.7 Å². The van der Waals surface area contributed by atoms with Crippen molar-refractivity contribution >= 4 is 32.3 Å². The maximum Gasteiger partial charge on any atom is 0.296 e. The summed E-state index contributed by atoms with van der Waals surface area (Å²) in [6.07, 6.45) is 7.39. The Morgan fingerprint density at radius 3 is 2.50 bits per heavy atom. The Hall–Kier alpha value is -3.75. The molecule has 0 aliphatic rings. The van der Waals surface area contributed by atoms with Crippen molar-refractivity contribution in [2.24, 2.45) is 0 Å². The van der Waals surface area contributed by atoms with E-state index in [9.17, 15) is 28.6 Å². The number of aromatic nitrogens is 1. The molecule has 154 valence electrons. The molecule has 0 aliphatic carbocycles. The lowest BCUT2D eigenvalue weighted by molar-refractivity contribution is -0.396. The number of terminal acetylenes is 1. The number of fused-ring (bicyclic) bond motifs is 1. The summed E-state index contributed by atoms with van der Waals surface area (Å²) in [5, 5.41) is 23.2. The first-order valence-electron chi connectivity index (χ1n) is 8.67. The molecule has 1 heterocycles. The topological polar surface area (TPSA) is 139 Å². The van der Waals surface area contributed by atoms with Gasteiger partial charge in [-0.3, -0.25) is 20.2 Å². The van der Waals surface area contributed by atoms with Gasteiger partial charge in [-0.15, -0.1) is 6.42 Å². The number of rotatable bonds is 8. The summed E-state index contributed by atoms with van der Waals surface area (Å²) in [5.74, 6) is 2.25. The van der Waals surface area contributed by atoms with Gasteiger partial charge < -0.3 is 4.98 Å². The Balaban J connectivity index is 1.96. The number of aromatic amines is 1. The van der Waals surface area contributed by atoms with Crippen molar-refractivity contribution in [2.45, 2.75) is 11.3 Å². The van der Waals surface area contributed by atoms with E-state index in [2.05, 4.69) is 10.9 Å². The van der Waals surface area contributed by atoms with E-state index in [-0.39, 0.29) is 13.1 Å². The number of H-pyrrole nitrogens is 1. The number of hydrogen-bond acceptors (Lipinski definition) is 6. The fourth-order valence-electron chi connectivity index (χ4n) is 3.09. The van der Waals surface area contributed by atoms with Crippen molar-refractivity contribution < 1.29 is 18.3 Å². The second kappa shape index (κ2) is 8.32. The first-order chi connectivity index (χ1) is 14.3. The molecule has 2 aromatic carbocycles. The molecule has 0 fully saturated rings. The van der Waals surface area contributed by atoms with Gasteiger partial charge in [0.2, 0.25) is 0 Å². The van der Waals surface area contributed by atoms with Crippen LogP contribution in [0, 0.1) is 32.6 Å². The van der Waals surface area contributed by atoms with Crippen LogP contribution in [0.2, 0.25) is 0 Å². The van der Waals surface area contributed by atoms with Crippen molar-refractivity contribution in [2.75, 3.05) is 13.1 Å². The Morgan fingerprint density at radius 2 is 1.83 bits per heavy atom. The largest absolute Gasteiger partial charge is 0.361 e. The molecule has 3 rings (SSSR count). The number of nitrogens with zero attached hydrogens (tertiary/aromatic N) is 3. The van der Waals surface area contributed by atoms with Gasteiger partial charge in [0.05, 0.1) is 22.5 Å². The minimum absolute atomic E-state index is 0.0253. The summed E-state index contributed by atoms with van der Waals surface area (Å²) in [5.41, 5.74) is 0.298. The van der Waals surface area contributed by atoms with Crippen LogP contribution in [-0.2, 0) is 16.4 Å². The van der Waals surface area contributed by atoms with E-state index >= 15 is 0 Å². The number of para-hydroxylation sites is 1. The van der Waals surface area contributed by atoms with Crippen LogP contribution in [0.25, 0.3) is 10.9 Å². The average molecular weight is 428 g/mol. The van der Waals surface area contributed by atoms with E-state index in [1.165, 1.54) is 0 Å². The van der Waals surface area contributed by atoms with Crippen LogP contribution in [0.5, 0.6) is 0 Å². The van der Waals surface area contributed by atoms with E-state index in [0.717, 1.165) is 32.9 Å². The fraction of sp³-hybridized carbons (Fsp3) is 0.158. The third-order valence-corrected chi connectivity index (χ3v) is 6.43. The zero-order chi connectivity index (χ0) is 21.9.